The summed E-state index contributed by atoms with van der Waals surface area (Å²) in [5.74, 6) is 0. The van der Waals surface area contributed by atoms with Crippen LogP contribution in [0.5, 0.6) is 0 Å². The van der Waals surface area contributed by atoms with Crippen molar-refractivity contribution in [1.29, 1.82) is 0 Å². The Morgan fingerprint density at radius 2 is 1.00 bits per heavy atom. The zero-order valence-corrected chi connectivity index (χ0v) is 9.57. The summed E-state index contributed by atoms with van der Waals surface area (Å²) < 4.78 is 49.0. The predicted octanol–water partition coefficient (Wildman–Crippen LogP) is -4.12. The molecule has 0 radical (unpaired) electrons. The van der Waals surface area contributed by atoms with E-state index in [1.54, 1.807) is 0 Å². The van der Waals surface area contributed by atoms with Gasteiger partial charge in [-0.05, 0) is 0 Å². The van der Waals surface area contributed by atoms with E-state index in [4.69, 9.17) is 21.4 Å². The summed E-state index contributed by atoms with van der Waals surface area (Å²) in [6, 6.07) is 0. The fourth-order valence-corrected chi connectivity index (χ4v) is 0. The average molecular weight is 234 g/mol. The van der Waals surface area contributed by atoms with E-state index in [1.807, 2.05) is 0 Å². The van der Waals surface area contributed by atoms with Crippen LogP contribution in [0, 0.1) is 0 Å². The van der Waals surface area contributed by atoms with E-state index in [0.29, 0.717) is 0 Å². The molecule has 6 nitrogen and oxygen atoms in total. The van der Waals surface area contributed by atoms with Gasteiger partial charge in [-0.2, -0.15) is 0 Å². The normalized spacial score (nSPS) is 5.78. The van der Waals surface area contributed by atoms with Crippen LogP contribution in [0.2, 0.25) is 0 Å². The molecular formula is H2CaO6Ti2. The van der Waals surface area contributed by atoms with Crippen LogP contribution in [-0.4, -0.2) is 45.1 Å². The maximum atomic E-state index is 8.69. The van der Waals surface area contributed by atoms with Gasteiger partial charge in [0, 0.05) is 0 Å². The van der Waals surface area contributed by atoms with Gasteiger partial charge in [0.15, 0.2) is 0 Å². The molecule has 0 aliphatic heterocycles. The minimum absolute atomic E-state index is 0. The second kappa shape index (κ2) is 12.8. The summed E-state index contributed by atoms with van der Waals surface area (Å²) in [5.41, 5.74) is 0. The van der Waals surface area contributed by atoms with Gasteiger partial charge in [-0.15, -0.1) is 0 Å². The Labute approximate surface area is 94.7 Å². The van der Waals surface area contributed by atoms with Gasteiger partial charge in [-0.3, -0.25) is 0 Å². The third-order valence-corrected chi connectivity index (χ3v) is 0. The first-order valence-corrected chi connectivity index (χ1v) is 5.21. The van der Waals surface area contributed by atoms with Crippen LogP contribution in [0.3, 0.4) is 0 Å². The zero-order valence-electron chi connectivity index (χ0n) is 4.23. The van der Waals surface area contributed by atoms with Crippen molar-refractivity contribution < 1.29 is 58.6 Å². The van der Waals surface area contributed by atoms with Gasteiger partial charge < -0.3 is 0 Å². The van der Waals surface area contributed by atoms with Crippen molar-refractivity contribution in [2.75, 3.05) is 0 Å². The van der Waals surface area contributed by atoms with Crippen molar-refractivity contribution in [1.82, 2.24) is 0 Å². The fourth-order valence-electron chi connectivity index (χ4n) is 0. The molecule has 0 heterocycles. The van der Waals surface area contributed by atoms with Crippen LogP contribution in [-0.2, 0) is 43.9 Å². The monoisotopic (exact) mass is 234 g/mol. The van der Waals surface area contributed by atoms with Crippen molar-refractivity contribution in [2.24, 2.45) is 0 Å². The molecule has 0 spiro atoms. The van der Waals surface area contributed by atoms with Crippen LogP contribution in [0.15, 0.2) is 0 Å². The first kappa shape index (κ1) is 17.3. The molecule has 0 bridgehead atoms. The summed E-state index contributed by atoms with van der Waals surface area (Å²) >= 11 is -7.67. The van der Waals surface area contributed by atoms with Crippen molar-refractivity contribution in [3.63, 3.8) is 0 Å². The third-order valence-electron chi connectivity index (χ3n) is 0. The molecule has 0 aliphatic rings. The van der Waals surface area contributed by atoms with Crippen LogP contribution in [0.25, 0.3) is 0 Å². The Morgan fingerprint density at radius 3 is 1.00 bits per heavy atom. The van der Waals surface area contributed by atoms with Crippen molar-refractivity contribution in [3.05, 3.63) is 0 Å². The predicted molar refractivity (Wildman–Crippen MR) is 11.6 cm³/mol. The fraction of sp³-hybridized carbons (Fsp3) is 0. The first-order valence-electron chi connectivity index (χ1n) is 1.26. The molecule has 9 heteroatoms. The van der Waals surface area contributed by atoms with Crippen LogP contribution >= 0.6 is 0 Å². The maximum absolute atomic E-state index is 8.69. The molecule has 0 saturated heterocycles. The molecule has 0 fully saturated rings. The second-order valence-electron chi connectivity index (χ2n) is 0.532. The van der Waals surface area contributed by atoms with Crippen LogP contribution < -0.4 is 7.38 Å². The number of hydrogen-bond acceptors (Lipinski definition) is 4. The topological polar surface area (TPSA) is 121 Å². The molecule has 0 aromatic heterocycles. The van der Waals surface area contributed by atoms with E-state index in [1.165, 1.54) is 0 Å². The molecule has 0 aromatic rings. The Balaban J connectivity index is -0.0000000720. The van der Waals surface area contributed by atoms with E-state index >= 15 is 0 Å². The second-order valence-corrected chi connectivity index (χ2v) is 2.19. The SMILES string of the molecule is [Ca+2].[O]=[Ti]([O-])[OH].[O]=[Ti]([O-])[OH]. The molecule has 0 aliphatic carbocycles. The zero-order chi connectivity index (χ0) is 7.15. The van der Waals surface area contributed by atoms with Crippen LogP contribution in [0.1, 0.15) is 0 Å². The number of rotatable bonds is 0. The van der Waals surface area contributed by atoms with Gasteiger partial charge in [0.1, 0.15) is 0 Å². The van der Waals surface area contributed by atoms with Gasteiger partial charge in [-0.1, -0.05) is 0 Å². The van der Waals surface area contributed by atoms with E-state index < -0.39 is 37.2 Å². The summed E-state index contributed by atoms with van der Waals surface area (Å²) in [7, 11) is 0. The van der Waals surface area contributed by atoms with Gasteiger partial charge in [0.25, 0.3) is 0 Å². The summed E-state index contributed by atoms with van der Waals surface area (Å²) in [6.45, 7) is 0. The van der Waals surface area contributed by atoms with Gasteiger partial charge in [0.05, 0.1) is 0 Å². The Kier molecular flexibility index (Phi) is 24.5. The number of hydrogen-bond donors (Lipinski definition) is 2. The van der Waals surface area contributed by atoms with Crippen molar-refractivity contribution in [3.8, 4) is 0 Å². The molecule has 0 rings (SSSR count). The summed E-state index contributed by atoms with van der Waals surface area (Å²) in [5, 5.41) is 0. The molecule has 0 amide bonds. The third kappa shape index (κ3) is 148. The molecule has 2 N–H and O–H groups in total. The van der Waals surface area contributed by atoms with Crippen molar-refractivity contribution in [2.45, 2.75) is 0 Å². The molecule has 48 valence electrons. The summed E-state index contributed by atoms with van der Waals surface area (Å²) in [4.78, 5) is 0. The molecule has 9 heavy (non-hydrogen) atoms. The van der Waals surface area contributed by atoms with Crippen molar-refractivity contribution >= 4 is 37.7 Å². The van der Waals surface area contributed by atoms with E-state index in [9.17, 15) is 0 Å². The standard InChI is InChI=1S/Ca.2H2O.4O.2Ti/h;2*1H2;;;;;;/q+2;;;;;2*-1;2*+1/p-2. The van der Waals surface area contributed by atoms with Crippen LogP contribution in [0.4, 0.5) is 0 Å². The minimum atomic E-state index is -3.83. The molecule has 0 atom stereocenters. The molecule has 0 saturated carbocycles. The van der Waals surface area contributed by atoms with Gasteiger partial charge >= 0.3 is 96.4 Å². The Bertz CT molecular complexity index is 69.1. The van der Waals surface area contributed by atoms with Gasteiger partial charge in [0.2, 0.25) is 0 Å². The molecule has 0 aromatic carbocycles. The molecule has 0 unspecified atom stereocenters. The Morgan fingerprint density at radius 1 is 1.00 bits per heavy atom. The molecular weight excluding hydrogens is 232 g/mol. The van der Waals surface area contributed by atoms with E-state index in [2.05, 4.69) is 0 Å². The Hall–Kier alpha value is 2.13. The van der Waals surface area contributed by atoms with E-state index in [-0.39, 0.29) is 37.7 Å². The quantitative estimate of drug-likeness (QED) is 0.410. The summed E-state index contributed by atoms with van der Waals surface area (Å²) in [6.07, 6.45) is 0. The average Bonchev–Trinajstić information content (AvgIpc) is 1.25. The first-order chi connectivity index (χ1) is 3.46. The van der Waals surface area contributed by atoms with E-state index in [0.717, 1.165) is 0 Å². The van der Waals surface area contributed by atoms with Gasteiger partial charge in [-0.25, -0.2) is 0 Å².